The number of rotatable bonds is 5. The average Bonchev–Trinajstić information content (AvgIpc) is 2.47. The maximum absolute atomic E-state index is 13.4. The molecule has 0 radical (unpaired) electrons. The Bertz CT molecular complexity index is 788. The minimum Gasteiger partial charge on any atom is -0.478 e. The standard InChI is InChI=1S/C17H15F4NO3/c1-9(2)13-7-10(18)3-6-14(13)22-15-8-11(25-17(19,20)21)4-5-12(15)16(23)24/h3-9,22H,1-2H3,(H,23,24). The van der Waals surface area contributed by atoms with Gasteiger partial charge in [-0.25, -0.2) is 9.18 Å². The van der Waals surface area contributed by atoms with Crippen LogP contribution in [-0.4, -0.2) is 17.4 Å². The molecule has 2 aromatic rings. The summed E-state index contributed by atoms with van der Waals surface area (Å²) in [5.41, 5.74) is 0.609. The fourth-order valence-electron chi connectivity index (χ4n) is 2.28. The van der Waals surface area contributed by atoms with Crippen LogP contribution in [0.5, 0.6) is 5.75 Å². The van der Waals surface area contributed by atoms with Crippen LogP contribution in [0.3, 0.4) is 0 Å². The van der Waals surface area contributed by atoms with Crippen LogP contribution in [-0.2, 0) is 0 Å². The van der Waals surface area contributed by atoms with Crippen molar-refractivity contribution < 1.29 is 32.2 Å². The molecule has 25 heavy (non-hydrogen) atoms. The van der Waals surface area contributed by atoms with Crippen molar-refractivity contribution in [3.8, 4) is 5.75 Å². The lowest BCUT2D eigenvalue weighted by Crippen LogP contribution is -2.17. The van der Waals surface area contributed by atoms with Crippen molar-refractivity contribution in [1.29, 1.82) is 0 Å². The van der Waals surface area contributed by atoms with E-state index in [0.717, 1.165) is 18.2 Å². The number of carboxylic acids is 1. The zero-order chi connectivity index (χ0) is 18.8. The van der Waals surface area contributed by atoms with E-state index in [-0.39, 0.29) is 17.2 Å². The number of benzene rings is 2. The second kappa shape index (κ2) is 7.00. The third-order valence-electron chi connectivity index (χ3n) is 3.36. The highest BCUT2D eigenvalue weighted by atomic mass is 19.4. The molecule has 2 rings (SSSR count). The van der Waals surface area contributed by atoms with Gasteiger partial charge in [-0.05, 0) is 41.8 Å². The highest BCUT2D eigenvalue weighted by Crippen LogP contribution is 2.33. The predicted molar refractivity (Wildman–Crippen MR) is 83.9 cm³/mol. The van der Waals surface area contributed by atoms with Crippen LogP contribution in [0.15, 0.2) is 36.4 Å². The number of alkyl halides is 3. The van der Waals surface area contributed by atoms with Gasteiger partial charge >= 0.3 is 12.3 Å². The molecule has 0 aliphatic heterocycles. The molecule has 0 amide bonds. The quantitative estimate of drug-likeness (QED) is 0.714. The summed E-state index contributed by atoms with van der Waals surface area (Å²) in [4.78, 5) is 11.3. The second-order valence-corrected chi connectivity index (χ2v) is 5.57. The van der Waals surface area contributed by atoms with Crippen molar-refractivity contribution in [1.82, 2.24) is 0 Å². The smallest absolute Gasteiger partial charge is 0.478 e. The molecule has 8 heteroatoms. The first kappa shape index (κ1) is 18.6. The molecular weight excluding hydrogens is 342 g/mol. The van der Waals surface area contributed by atoms with E-state index in [1.807, 2.05) is 0 Å². The highest BCUT2D eigenvalue weighted by Gasteiger charge is 2.31. The van der Waals surface area contributed by atoms with Crippen molar-refractivity contribution in [2.45, 2.75) is 26.1 Å². The summed E-state index contributed by atoms with van der Waals surface area (Å²) >= 11 is 0. The number of hydrogen-bond donors (Lipinski definition) is 2. The van der Waals surface area contributed by atoms with Gasteiger partial charge < -0.3 is 15.2 Å². The Hall–Kier alpha value is -2.77. The van der Waals surface area contributed by atoms with E-state index in [2.05, 4.69) is 10.1 Å². The van der Waals surface area contributed by atoms with Gasteiger partial charge in [0.15, 0.2) is 0 Å². The Kier molecular flexibility index (Phi) is 5.20. The number of carboxylic acid groups (broad SMARTS) is 1. The number of ether oxygens (including phenoxy) is 1. The molecule has 4 nitrogen and oxygen atoms in total. The van der Waals surface area contributed by atoms with E-state index in [1.54, 1.807) is 13.8 Å². The summed E-state index contributed by atoms with van der Waals surface area (Å²) in [5, 5.41) is 12.0. The fourth-order valence-corrected chi connectivity index (χ4v) is 2.28. The molecule has 0 heterocycles. The summed E-state index contributed by atoms with van der Waals surface area (Å²) in [7, 11) is 0. The van der Waals surface area contributed by atoms with Gasteiger partial charge in [0.1, 0.15) is 11.6 Å². The molecule has 0 aromatic heterocycles. The Morgan fingerprint density at radius 3 is 2.36 bits per heavy atom. The Morgan fingerprint density at radius 1 is 1.12 bits per heavy atom. The molecule has 0 aliphatic rings. The molecule has 0 atom stereocenters. The molecule has 134 valence electrons. The van der Waals surface area contributed by atoms with E-state index >= 15 is 0 Å². The van der Waals surface area contributed by atoms with E-state index in [0.29, 0.717) is 11.3 Å². The minimum absolute atomic E-state index is 0.0947. The van der Waals surface area contributed by atoms with E-state index in [9.17, 15) is 27.5 Å². The highest BCUT2D eigenvalue weighted by molar-refractivity contribution is 5.95. The van der Waals surface area contributed by atoms with Crippen LogP contribution in [0.4, 0.5) is 28.9 Å². The minimum atomic E-state index is -4.90. The van der Waals surface area contributed by atoms with Gasteiger partial charge in [0.05, 0.1) is 11.3 Å². The Morgan fingerprint density at radius 2 is 1.80 bits per heavy atom. The first-order valence-corrected chi connectivity index (χ1v) is 7.26. The second-order valence-electron chi connectivity index (χ2n) is 5.57. The van der Waals surface area contributed by atoms with Gasteiger partial charge in [0.25, 0.3) is 0 Å². The van der Waals surface area contributed by atoms with Crippen LogP contribution >= 0.6 is 0 Å². The Labute approximate surface area is 141 Å². The summed E-state index contributed by atoms with van der Waals surface area (Å²) in [5.74, 6) is -2.45. The number of halogens is 4. The molecule has 2 N–H and O–H groups in total. The monoisotopic (exact) mass is 357 g/mol. The first-order valence-electron chi connectivity index (χ1n) is 7.26. The van der Waals surface area contributed by atoms with Crippen LogP contribution in [0, 0.1) is 5.82 Å². The number of carbonyl (C=O) groups is 1. The van der Waals surface area contributed by atoms with E-state index in [1.165, 1.54) is 18.2 Å². The largest absolute Gasteiger partial charge is 0.573 e. The van der Waals surface area contributed by atoms with Gasteiger partial charge in [0.2, 0.25) is 0 Å². The van der Waals surface area contributed by atoms with Gasteiger partial charge in [-0.15, -0.1) is 13.2 Å². The maximum atomic E-state index is 13.4. The fraction of sp³-hybridized carbons (Fsp3) is 0.235. The summed E-state index contributed by atoms with van der Waals surface area (Å²) in [6, 6.07) is 6.70. The zero-order valence-corrected chi connectivity index (χ0v) is 13.3. The summed E-state index contributed by atoms with van der Waals surface area (Å²) in [6.07, 6.45) is -4.90. The number of anilines is 2. The number of hydrogen-bond acceptors (Lipinski definition) is 3. The third kappa shape index (κ3) is 4.85. The van der Waals surface area contributed by atoms with Crippen molar-refractivity contribution >= 4 is 17.3 Å². The third-order valence-corrected chi connectivity index (χ3v) is 3.36. The van der Waals surface area contributed by atoms with Crippen molar-refractivity contribution in [2.24, 2.45) is 0 Å². The van der Waals surface area contributed by atoms with Crippen molar-refractivity contribution in [3.05, 3.63) is 53.3 Å². The lowest BCUT2D eigenvalue weighted by molar-refractivity contribution is -0.274. The predicted octanol–water partition coefficient (Wildman–Crippen LogP) is 5.29. The molecular formula is C17H15F4NO3. The molecule has 0 unspecified atom stereocenters. The molecule has 0 fully saturated rings. The number of aromatic carboxylic acids is 1. The Balaban J connectivity index is 2.47. The topological polar surface area (TPSA) is 58.6 Å². The van der Waals surface area contributed by atoms with Gasteiger partial charge in [0, 0.05) is 11.8 Å². The maximum Gasteiger partial charge on any atom is 0.573 e. The van der Waals surface area contributed by atoms with Crippen LogP contribution in [0.2, 0.25) is 0 Å². The van der Waals surface area contributed by atoms with Gasteiger partial charge in [-0.1, -0.05) is 13.8 Å². The summed E-state index contributed by atoms with van der Waals surface area (Å²) < 4.78 is 54.4. The average molecular weight is 357 g/mol. The van der Waals surface area contributed by atoms with Crippen molar-refractivity contribution in [3.63, 3.8) is 0 Å². The summed E-state index contributed by atoms with van der Waals surface area (Å²) in [6.45, 7) is 3.61. The molecule has 2 aromatic carbocycles. The van der Waals surface area contributed by atoms with Gasteiger partial charge in [-0.2, -0.15) is 0 Å². The normalized spacial score (nSPS) is 11.5. The lowest BCUT2D eigenvalue weighted by atomic mass is 10.0. The first-order chi connectivity index (χ1) is 11.6. The van der Waals surface area contributed by atoms with Crippen molar-refractivity contribution in [2.75, 3.05) is 5.32 Å². The van der Waals surface area contributed by atoms with Gasteiger partial charge in [-0.3, -0.25) is 0 Å². The van der Waals surface area contributed by atoms with E-state index < -0.39 is 23.9 Å². The van der Waals surface area contributed by atoms with Crippen LogP contribution in [0.25, 0.3) is 0 Å². The zero-order valence-electron chi connectivity index (χ0n) is 13.3. The SMILES string of the molecule is CC(C)c1cc(F)ccc1Nc1cc(OC(F)(F)F)ccc1C(=O)O. The molecule has 0 saturated carbocycles. The number of nitrogens with one attached hydrogen (secondary N) is 1. The van der Waals surface area contributed by atoms with E-state index in [4.69, 9.17) is 0 Å². The van der Waals surface area contributed by atoms with Crippen LogP contribution in [0.1, 0.15) is 35.7 Å². The molecule has 0 aliphatic carbocycles. The lowest BCUT2D eigenvalue weighted by Gasteiger charge is -2.17. The van der Waals surface area contributed by atoms with Crippen LogP contribution < -0.4 is 10.1 Å². The molecule has 0 spiro atoms. The molecule has 0 bridgehead atoms. The molecule has 0 saturated heterocycles.